The van der Waals surface area contributed by atoms with Gasteiger partial charge in [-0.25, -0.2) is 0 Å². The van der Waals surface area contributed by atoms with Crippen LogP contribution in [0.3, 0.4) is 0 Å². The molecule has 1 heterocycles. The molecule has 15 heavy (non-hydrogen) atoms. The van der Waals surface area contributed by atoms with Gasteiger partial charge in [-0.05, 0) is 24.3 Å². The van der Waals surface area contributed by atoms with Crippen molar-refractivity contribution in [2.45, 2.75) is 0 Å². The molecule has 0 N–H and O–H groups in total. The van der Waals surface area contributed by atoms with Gasteiger partial charge < -0.3 is 0 Å². The lowest BCUT2D eigenvalue weighted by Crippen LogP contribution is -2.15. The fourth-order valence-electron chi connectivity index (χ4n) is 1.29. The van der Waals surface area contributed by atoms with E-state index >= 15 is 0 Å². The number of hydrogen-bond donors (Lipinski definition) is 0. The Kier molecular flexibility index (Phi) is 2.80. The van der Waals surface area contributed by atoms with Crippen molar-refractivity contribution in [3.05, 3.63) is 63.0 Å². The van der Waals surface area contributed by atoms with Gasteiger partial charge in [0.15, 0.2) is 0 Å². The van der Waals surface area contributed by atoms with Crippen LogP contribution in [0.15, 0.2) is 47.4 Å². The third-order valence-corrected chi connectivity index (χ3v) is 2.42. The second kappa shape index (κ2) is 4.09. The molecule has 0 fully saturated rings. The van der Waals surface area contributed by atoms with Gasteiger partial charge in [-0.3, -0.25) is 9.36 Å². The monoisotopic (exact) mass is 239 g/mol. The molecule has 0 spiro atoms. The Labute approximate surface area is 96.7 Å². The Hall–Kier alpha value is -1.25. The van der Waals surface area contributed by atoms with Gasteiger partial charge in [-0.15, -0.1) is 0 Å². The minimum absolute atomic E-state index is 0.137. The first-order valence-electron chi connectivity index (χ1n) is 4.31. The molecular formula is C11H7Cl2NO. The van der Waals surface area contributed by atoms with Crippen LogP contribution in [0.1, 0.15) is 0 Å². The molecule has 0 radical (unpaired) electrons. The first-order valence-corrected chi connectivity index (χ1v) is 5.06. The van der Waals surface area contributed by atoms with Gasteiger partial charge in [0.1, 0.15) is 0 Å². The Morgan fingerprint density at radius 3 is 2.53 bits per heavy atom. The van der Waals surface area contributed by atoms with Crippen molar-refractivity contribution in [2.75, 3.05) is 0 Å². The molecule has 2 rings (SSSR count). The van der Waals surface area contributed by atoms with Gasteiger partial charge >= 0.3 is 0 Å². The van der Waals surface area contributed by atoms with Crippen LogP contribution < -0.4 is 5.56 Å². The summed E-state index contributed by atoms with van der Waals surface area (Å²) in [5.74, 6) is 0. The van der Waals surface area contributed by atoms with Crippen LogP contribution in [0.2, 0.25) is 10.0 Å². The molecule has 0 aliphatic carbocycles. The highest BCUT2D eigenvalue weighted by Gasteiger charge is 2.00. The maximum Gasteiger partial charge on any atom is 0.255 e. The van der Waals surface area contributed by atoms with E-state index in [1.165, 1.54) is 10.6 Å². The zero-order chi connectivity index (χ0) is 10.8. The molecule has 0 unspecified atom stereocenters. The van der Waals surface area contributed by atoms with E-state index in [0.717, 1.165) is 0 Å². The maximum absolute atomic E-state index is 11.5. The Morgan fingerprint density at radius 2 is 1.80 bits per heavy atom. The van der Waals surface area contributed by atoms with Crippen molar-refractivity contribution >= 4 is 23.2 Å². The van der Waals surface area contributed by atoms with Crippen molar-refractivity contribution in [1.29, 1.82) is 0 Å². The topological polar surface area (TPSA) is 22.0 Å². The predicted molar refractivity (Wildman–Crippen MR) is 62.1 cm³/mol. The molecule has 0 saturated heterocycles. The average Bonchev–Trinajstić information content (AvgIpc) is 2.22. The van der Waals surface area contributed by atoms with Crippen molar-refractivity contribution in [3.8, 4) is 5.69 Å². The first-order chi connectivity index (χ1) is 7.16. The standard InChI is InChI=1S/C11H7Cl2NO/c12-8-2-1-3-10(6-8)14-7-9(13)4-5-11(14)15/h1-7H. The van der Waals surface area contributed by atoms with Crippen molar-refractivity contribution in [2.24, 2.45) is 0 Å². The quantitative estimate of drug-likeness (QED) is 0.750. The lowest BCUT2D eigenvalue weighted by Gasteiger charge is -2.05. The minimum atomic E-state index is -0.137. The molecule has 0 amide bonds. The van der Waals surface area contributed by atoms with Crippen molar-refractivity contribution < 1.29 is 0 Å². The van der Waals surface area contributed by atoms with Gasteiger partial charge in [0.05, 0.1) is 10.7 Å². The maximum atomic E-state index is 11.5. The van der Waals surface area contributed by atoms with Gasteiger partial charge in [-0.1, -0.05) is 29.3 Å². The molecule has 1 aromatic carbocycles. The Bertz CT molecular complexity index is 548. The van der Waals surface area contributed by atoms with E-state index in [-0.39, 0.29) is 5.56 Å². The summed E-state index contributed by atoms with van der Waals surface area (Å²) in [5.41, 5.74) is 0.566. The lowest BCUT2D eigenvalue weighted by molar-refractivity contribution is 0.991. The van der Waals surface area contributed by atoms with E-state index in [0.29, 0.717) is 15.7 Å². The van der Waals surface area contributed by atoms with Crippen molar-refractivity contribution in [1.82, 2.24) is 4.57 Å². The lowest BCUT2D eigenvalue weighted by atomic mass is 10.3. The number of aromatic nitrogens is 1. The summed E-state index contributed by atoms with van der Waals surface area (Å²) < 4.78 is 1.45. The molecule has 0 bridgehead atoms. The molecule has 0 saturated carbocycles. The molecule has 4 heteroatoms. The third kappa shape index (κ3) is 2.22. The van der Waals surface area contributed by atoms with Crippen molar-refractivity contribution in [3.63, 3.8) is 0 Å². The number of halogens is 2. The molecule has 2 aromatic rings. The number of pyridine rings is 1. The summed E-state index contributed by atoms with van der Waals surface area (Å²) in [6, 6.07) is 10.0. The zero-order valence-electron chi connectivity index (χ0n) is 7.65. The second-order valence-corrected chi connectivity index (χ2v) is 3.91. The van der Waals surface area contributed by atoms with Crippen LogP contribution in [-0.4, -0.2) is 4.57 Å². The second-order valence-electron chi connectivity index (χ2n) is 3.04. The smallest absolute Gasteiger partial charge is 0.255 e. The van der Waals surface area contributed by atoms with E-state index in [9.17, 15) is 4.79 Å². The van der Waals surface area contributed by atoms with Crippen LogP contribution in [-0.2, 0) is 0 Å². The Morgan fingerprint density at radius 1 is 1.00 bits per heavy atom. The normalized spacial score (nSPS) is 10.3. The van der Waals surface area contributed by atoms with E-state index < -0.39 is 0 Å². The largest absolute Gasteiger partial charge is 0.283 e. The average molecular weight is 240 g/mol. The first kappa shape index (κ1) is 10.3. The Balaban J connectivity index is 2.63. The van der Waals surface area contributed by atoms with Gasteiger partial charge in [0.25, 0.3) is 5.56 Å². The van der Waals surface area contributed by atoms with Crippen LogP contribution >= 0.6 is 23.2 Å². The van der Waals surface area contributed by atoms with Crippen LogP contribution in [0, 0.1) is 0 Å². The fraction of sp³-hybridized carbons (Fsp3) is 0. The SMILES string of the molecule is O=c1ccc(Cl)cn1-c1cccc(Cl)c1. The molecule has 0 aliphatic rings. The van der Waals surface area contributed by atoms with Crippen LogP contribution in [0.5, 0.6) is 0 Å². The summed E-state index contributed by atoms with van der Waals surface area (Å²) in [6.45, 7) is 0. The summed E-state index contributed by atoms with van der Waals surface area (Å²) in [6.07, 6.45) is 1.57. The summed E-state index contributed by atoms with van der Waals surface area (Å²) in [4.78, 5) is 11.5. The van der Waals surface area contributed by atoms with E-state index in [1.54, 1.807) is 36.5 Å². The number of hydrogen-bond acceptors (Lipinski definition) is 1. The highest BCUT2D eigenvalue weighted by molar-refractivity contribution is 6.31. The summed E-state index contributed by atoms with van der Waals surface area (Å²) in [7, 11) is 0. The van der Waals surface area contributed by atoms with E-state index in [4.69, 9.17) is 23.2 Å². The molecule has 2 nitrogen and oxygen atoms in total. The van der Waals surface area contributed by atoms with Gasteiger partial charge in [-0.2, -0.15) is 0 Å². The fourth-order valence-corrected chi connectivity index (χ4v) is 1.63. The highest BCUT2D eigenvalue weighted by Crippen LogP contribution is 2.14. The number of rotatable bonds is 1. The van der Waals surface area contributed by atoms with Gasteiger partial charge in [0.2, 0.25) is 0 Å². The third-order valence-electron chi connectivity index (χ3n) is 1.96. The molecule has 0 aliphatic heterocycles. The van der Waals surface area contributed by atoms with Crippen LogP contribution in [0.25, 0.3) is 5.69 Å². The number of benzene rings is 1. The van der Waals surface area contributed by atoms with E-state index in [1.807, 2.05) is 0 Å². The van der Waals surface area contributed by atoms with Crippen LogP contribution in [0.4, 0.5) is 0 Å². The zero-order valence-corrected chi connectivity index (χ0v) is 9.16. The molecular weight excluding hydrogens is 233 g/mol. The predicted octanol–water partition coefficient (Wildman–Crippen LogP) is 3.14. The summed E-state index contributed by atoms with van der Waals surface area (Å²) in [5, 5.41) is 1.09. The molecule has 1 aromatic heterocycles. The minimum Gasteiger partial charge on any atom is -0.283 e. The molecule has 0 atom stereocenters. The highest BCUT2D eigenvalue weighted by atomic mass is 35.5. The molecule has 76 valence electrons. The van der Waals surface area contributed by atoms with E-state index in [2.05, 4.69) is 0 Å². The summed E-state index contributed by atoms with van der Waals surface area (Å²) >= 11 is 11.7. The van der Waals surface area contributed by atoms with Gasteiger partial charge in [0, 0.05) is 17.3 Å². The number of nitrogens with zero attached hydrogens (tertiary/aromatic N) is 1.